The number of hydrogen-bond acceptors (Lipinski definition) is 5. The van der Waals surface area contributed by atoms with Gasteiger partial charge in [0.15, 0.2) is 0 Å². The summed E-state index contributed by atoms with van der Waals surface area (Å²) in [5.41, 5.74) is 1.75. The quantitative estimate of drug-likeness (QED) is 0.676. The Bertz CT molecular complexity index is 1030. The van der Waals surface area contributed by atoms with Crippen molar-refractivity contribution in [1.29, 1.82) is 0 Å². The zero-order valence-corrected chi connectivity index (χ0v) is 16.1. The lowest BCUT2D eigenvalue weighted by Crippen LogP contribution is -2.37. The fourth-order valence-electron chi connectivity index (χ4n) is 3.79. The van der Waals surface area contributed by atoms with E-state index >= 15 is 0 Å². The van der Waals surface area contributed by atoms with Crippen LogP contribution >= 0.6 is 0 Å². The number of phenolic OH excluding ortho intramolecular Hbond substituents is 1. The van der Waals surface area contributed by atoms with Crippen molar-refractivity contribution in [2.24, 2.45) is 0 Å². The molecular formula is C23H22FNO4. The van der Waals surface area contributed by atoms with E-state index in [1.807, 2.05) is 24.3 Å². The minimum atomic E-state index is -0.569. The first kappa shape index (κ1) is 19.4. The summed E-state index contributed by atoms with van der Waals surface area (Å²) in [6.45, 7) is 2.27. The lowest BCUT2D eigenvalue weighted by atomic mass is 9.98. The number of ether oxygens (including phenoxy) is 2. The second-order valence-electron chi connectivity index (χ2n) is 7.11. The largest absolute Gasteiger partial charge is 0.507 e. The first-order valence-corrected chi connectivity index (χ1v) is 9.48. The molecule has 3 aromatic carbocycles. The molecule has 0 unspecified atom stereocenters. The summed E-state index contributed by atoms with van der Waals surface area (Å²) < 4.78 is 23.9. The molecule has 0 amide bonds. The number of esters is 1. The monoisotopic (exact) mass is 395 g/mol. The van der Waals surface area contributed by atoms with Crippen molar-refractivity contribution in [3.05, 3.63) is 77.1 Å². The van der Waals surface area contributed by atoms with Crippen LogP contribution < -0.4 is 0 Å². The first-order valence-electron chi connectivity index (χ1n) is 9.48. The molecule has 1 saturated heterocycles. The SMILES string of the molecule is COC(=O)c1cc2ccccc2c(CN2CCO[C@H](c3ccc(F)cc3)C2)c1O. The molecule has 1 fully saturated rings. The average molecular weight is 395 g/mol. The predicted octanol–water partition coefficient (Wildman–Crippen LogP) is 4.04. The fourth-order valence-corrected chi connectivity index (χ4v) is 3.79. The molecule has 4 rings (SSSR count). The molecule has 0 saturated carbocycles. The molecule has 0 bridgehead atoms. The van der Waals surface area contributed by atoms with E-state index in [2.05, 4.69) is 4.90 Å². The maximum Gasteiger partial charge on any atom is 0.341 e. The Kier molecular flexibility index (Phi) is 5.47. The number of fused-ring (bicyclic) bond motifs is 1. The summed E-state index contributed by atoms with van der Waals surface area (Å²) in [5, 5.41) is 12.6. The maximum atomic E-state index is 13.2. The summed E-state index contributed by atoms with van der Waals surface area (Å²) >= 11 is 0. The van der Waals surface area contributed by atoms with Crippen LogP contribution in [0.15, 0.2) is 54.6 Å². The van der Waals surface area contributed by atoms with Crippen molar-refractivity contribution in [2.45, 2.75) is 12.6 Å². The smallest absolute Gasteiger partial charge is 0.341 e. The van der Waals surface area contributed by atoms with Crippen LogP contribution in [-0.2, 0) is 16.0 Å². The van der Waals surface area contributed by atoms with Gasteiger partial charge in [0.25, 0.3) is 0 Å². The predicted molar refractivity (Wildman–Crippen MR) is 107 cm³/mol. The summed E-state index contributed by atoms with van der Waals surface area (Å²) in [4.78, 5) is 14.3. The molecule has 3 aromatic rings. The minimum Gasteiger partial charge on any atom is -0.507 e. The van der Waals surface area contributed by atoms with Gasteiger partial charge in [-0.3, -0.25) is 4.90 Å². The molecule has 1 N–H and O–H groups in total. The van der Waals surface area contributed by atoms with Gasteiger partial charge in [-0.25, -0.2) is 9.18 Å². The highest BCUT2D eigenvalue weighted by Gasteiger charge is 2.25. The average Bonchev–Trinajstić information content (AvgIpc) is 2.75. The van der Waals surface area contributed by atoms with Crippen molar-refractivity contribution in [3.63, 3.8) is 0 Å². The van der Waals surface area contributed by atoms with Gasteiger partial charge in [-0.15, -0.1) is 0 Å². The number of carbonyl (C=O) groups is 1. The standard InChI is InChI=1S/C23H22FNO4/c1-28-23(27)19-12-16-4-2-3-5-18(16)20(22(19)26)13-25-10-11-29-21(14-25)15-6-8-17(24)9-7-15/h2-9,12,21,26H,10-11,13-14H2,1H3/t21-/m0/s1. The zero-order valence-electron chi connectivity index (χ0n) is 16.1. The Morgan fingerprint density at radius 1 is 1.24 bits per heavy atom. The van der Waals surface area contributed by atoms with Crippen molar-refractivity contribution >= 4 is 16.7 Å². The van der Waals surface area contributed by atoms with E-state index < -0.39 is 5.97 Å². The van der Waals surface area contributed by atoms with Gasteiger partial charge in [0.05, 0.1) is 19.8 Å². The van der Waals surface area contributed by atoms with Crippen LogP contribution in [0, 0.1) is 5.82 Å². The molecular weight excluding hydrogens is 373 g/mol. The van der Waals surface area contributed by atoms with Gasteiger partial charge < -0.3 is 14.6 Å². The van der Waals surface area contributed by atoms with Crippen LogP contribution in [-0.4, -0.2) is 42.8 Å². The van der Waals surface area contributed by atoms with Gasteiger partial charge in [0, 0.05) is 25.2 Å². The molecule has 0 aromatic heterocycles. The number of morpholine rings is 1. The van der Waals surface area contributed by atoms with E-state index in [4.69, 9.17) is 9.47 Å². The van der Waals surface area contributed by atoms with Gasteiger partial charge in [-0.1, -0.05) is 36.4 Å². The van der Waals surface area contributed by atoms with Gasteiger partial charge in [0.1, 0.15) is 17.1 Å². The molecule has 1 aliphatic heterocycles. The fraction of sp³-hybridized carbons (Fsp3) is 0.261. The molecule has 1 heterocycles. The Balaban J connectivity index is 1.65. The lowest BCUT2D eigenvalue weighted by molar-refractivity contribution is -0.0330. The summed E-state index contributed by atoms with van der Waals surface area (Å²) in [6.07, 6.45) is -0.179. The molecule has 0 radical (unpaired) electrons. The highest BCUT2D eigenvalue weighted by atomic mass is 19.1. The number of hydrogen-bond donors (Lipinski definition) is 1. The van der Waals surface area contributed by atoms with Gasteiger partial charge in [-0.05, 0) is 34.5 Å². The number of aromatic hydroxyl groups is 1. The Morgan fingerprint density at radius 2 is 2.00 bits per heavy atom. The van der Waals surface area contributed by atoms with Gasteiger partial charge >= 0.3 is 5.97 Å². The number of nitrogens with zero attached hydrogens (tertiary/aromatic N) is 1. The number of methoxy groups -OCH3 is 1. The number of phenols is 1. The van der Waals surface area contributed by atoms with Crippen molar-refractivity contribution in [2.75, 3.05) is 26.8 Å². The maximum absolute atomic E-state index is 13.2. The van der Waals surface area contributed by atoms with E-state index in [0.29, 0.717) is 31.8 Å². The van der Waals surface area contributed by atoms with Crippen molar-refractivity contribution < 1.29 is 23.8 Å². The van der Waals surface area contributed by atoms with Crippen LogP contribution in [0.25, 0.3) is 10.8 Å². The van der Waals surface area contributed by atoms with E-state index in [-0.39, 0.29) is 23.2 Å². The Morgan fingerprint density at radius 3 is 2.76 bits per heavy atom. The molecule has 29 heavy (non-hydrogen) atoms. The highest BCUT2D eigenvalue weighted by molar-refractivity contribution is 6.00. The van der Waals surface area contributed by atoms with Crippen LogP contribution in [0.5, 0.6) is 5.75 Å². The number of carbonyl (C=O) groups excluding carboxylic acids is 1. The van der Waals surface area contributed by atoms with E-state index in [1.165, 1.54) is 19.2 Å². The summed E-state index contributed by atoms with van der Waals surface area (Å²) in [5.74, 6) is -0.904. The molecule has 0 spiro atoms. The van der Waals surface area contributed by atoms with Gasteiger partial charge in [-0.2, -0.15) is 0 Å². The Labute approximate surface area is 168 Å². The molecule has 5 nitrogen and oxygen atoms in total. The Hall–Kier alpha value is -2.96. The normalized spacial score (nSPS) is 17.4. The number of halogens is 1. The number of benzene rings is 3. The minimum absolute atomic E-state index is 0.0552. The molecule has 0 aliphatic carbocycles. The molecule has 6 heteroatoms. The number of rotatable bonds is 4. The summed E-state index contributed by atoms with van der Waals surface area (Å²) in [6, 6.07) is 15.6. The first-order chi connectivity index (χ1) is 14.1. The van der Waals surface area contributed by atoms with Crippen LogP contribution in [0.4, 0.5) is 4.39 Å². The second kappa shape index (κ2) is 8.19. The zero-order chi connectivity index (χ0) is 20.4. The van der Waals surface area contributed by atoms with Gasteiger partial charge in [0.2, 0.25) is 0 Å². The second-order valence-corrected chi connectivity index (χ2v) is 7.11. The highest BCUT2D eigenvalue weighted by Crippen LogP contribution is 2.34. The molecule has 150 valence electrons. The van der Waals surface area contributed by atoms with Crippen LogP contribution in [0.3, 0.4) is 0 Å². The van der Waals surface area contributed by atoms with E-state index in [9.17, 15) is 14.3 Å². The van der Waals surface area contributed by atoms with E-state index in [1.54, 1.807) is 18.2 Å². The van der Waals surface area contributed by atoms with Crippen LogP contribution in [0.2, 0.25) is 0 Å². The third-order valence-corrected chi connectivity index (χ3v) is 5.31. The van der Waals surface area contributed by atoms with Crippen molar-refractivity contribution in [3.8, 4) is 5.75 Å². The topological polar surface area (TPSA) is 59.0 Å². The third-order valence-electron chi connectivity index (χ3n) is 5.31. The lowest BCUT2D eigenvalue weighted by Gasteiger charge is -2.33. The molecule has 1 atom stereocenters. The molecule has 1 aliphatic rings. The van der Waals surface area contributed by atoms with E-state index in [0.717, 1.165) is 16.3 Å². The summed E-state index contributed by atoms with van der Waals surface area (Å²) in [7, 11) is 1.30. The van der Waals surface area contributed by atoms with Crippen molar-refractivity contribution in [1.82, 2.24) is 4.90 Å². The third kappa shape index (κ3) is 3.95. The van der Waals surface area contributed by atoms with Crippen LogP contribution in [0.1, 0.15) is 27.6 Å².